The molecule has 0 saturated heterocycles. The van der Waals surface area contributed by atoms with E-state index in [-0.39, 0.29) is 12.4 Å². The van der Waals surface area contributed by atoms with Crippen molar-refractivity contribution in [3.8, 4) is 0 Å². The van der Waals surface area contributed by atoms with Gasteiger partial charge in [-0.05, 0) is 18.9 Å². The fourth-order valence-electron chi connectivity index (χ4n) is 3.25. The summed E-state index contributed by atoms with van der Waals surface area (Å²) < 4.78 is 5.45. The van der Waals surface area contributed by atoms with Crippen molar-refractivity contribution >= 4 is 16.8 Å². The summed E-state index contributed by atoms with van der Waals surface area (Å²) in [6.45, 7) is 1.01. The molecular formula is C17H21NO3. The highest BCUT2D eigenvalue weighted by molar-refractivity contribution is 6.08. The summed E-state index contributed by atoms with van der Waals surface area (Å²) >= 11 is 0. The second-order valence-electron chi connectivity index (χ2n) is 5.70. The molecule has 1 aliphatic carbocycles. The zero-order valence-corrected chi connectivity index (χ0v) is 12.1. The van der Waals surface area contributed by atoms with E-state index in [1.54, 1.807) is 6.26 Å². The number of hydrogen-bond acceptors (Lipinski definition) is 4. The smallest absolute Gasteiger partial charge is 0.180 e. The molecule has 1 aromatic carbocycles. The molecule has 0 amide bonds. The molecule has 1 aromatic heterocycles. The molecule has 0 atom stereocenters. The minimum absolute atomic E-state index is 0.0697. The highest BCUT2D eigenvalue weighted by Crippen LogP contribution is 2.25. The number of furan rings is 1. The van der Waals surface area contributed by atoms with E-state index >= 15 is 0 Å². The number of ketones is 1. The normalized spacial score (nSPS) is 16.1. The van der Waals surface area contributed by atoms with E-state index in [2.05, 4.69) is 4.90 Å². The van der Waals surface area contributed by atoms with Crippen molar-refractivity contribution in [3.05, 3.63) is 36.1 Å². The van der Waals surface area contributed by atoms with E-state index in [4.69, 9.17) is 4.42 Å². The lowest BCUT2D eigenvalue weighted by atomic mass is 10.1. The molecule has 1 heterocycles. The Morgan fingerprint density at radius 2 is 2.05 bits per heavy atom. The molecule has 0 aliphatic heterocycles. The third-order valence-electron chi connectivity index (χ3n) is 4.36. The lowest BCUT2D eigenvalue weighted by molar-refractivity contribution is 0.0863. The molecule has 112 valence electrons. The van der Waals surface area contributed by atoms with Gasteiger partial charge in [0.25, 0.3) is 0 Å². The number of fused-ring (bicyclic) bond motifs is 1. The van der Waals surface area contributed by atoms with Crippen LogP contribution in [0.25, 0.3) is 11.0 Å². The largest absolute Gasteiger partial charge is 0.464 e. The minimum Gasteiger partial charge on any atom is -0.464 e. The van der Waals surface area contributed by atoms with E-state index in [9.17, 15) is 9.90 Å². The molecule has 21 heavy (non-hydrogen) atoms. The maximum absolute atomic E-state index is 12.6. The molecule has 3 rings (SSSR count). The molecule has 1 saturated carbocycles. The zero-order valence-electron chi connectivity index (χ0n) is 12.1. The van der Waals surface area contributed by atoms with Crippen LogP contribution in [-0.4, -0.2) is 41.5 Å². The van der Waals surface area contributed by atoms with E-state index < -0.39 is 0 Å². The number of hydrogen-bond donors (Lipinski definition) is 1. The zero-order chi connectivity index (χ0) is 14.7. The lowest BCUT2D eigenvalue weighted by Crippen LogP contribution is -2.39. The fraction of sp³-hybridized carbons (Fsp3) is 0.471. The lowest BCUT2D eigenvalue weighted by Gasteiger charge is -2.27. The molecular weight excluding hydrogens is 266 g/mol. The Balaban J connectivity index is 1.77. The van der Waals surface area contributed by atoms with Gasteiger partial charge in [0.05, 0.1) is 18.7 Å². The highest BCUT2D eigenvalue weighted by atomic mass is 16.3. The van der Waals surface area contributed by atoms with Crippen LogP contribution in [0.4, 0.5) is 0 Å². The van der Waals surface area contributed by atoms with Gasteiger partial charge in [-0.2, -0.15) is 0 Å². The van der Waals surface area contributed by atoms with Gasteiger partial charge in [0.15, 0.2) is 5.78 Å². The number of aliphatic hydroxyl groups is 1. The molecule has 0 radical (unpaired) electrons. The summed E-state index contributed by atoms with van der Waals surface area (Å²) in [5, 5.41) is 10.1. The van der Waals surface area contributed by atoms with Crippen LogP contribution in [0.5, 0.6) is 0 Å². The van der Waals surface area contributed by atoms with E-state index in [0.29, 0.717) is 24.7 Å². The van der Waals surface area contributed by atoms with E-state index in [1.807, 2.05) is 24.3 Å². The second-order valence-corrected chi connectivity index (χ2v) is 5.70. The third-order valence-corrected chi connectivity index (χ3v) is 4.36. The van der Waals surface area contributed by atoms with Crippen LogP contribution >= 0.6 is 0 Å². The predicted octanol–water partition coefficient (Wildman–Crippen LogP) is 2.85. The van der Waals surface area contributed by atoms with Gasteiger partial charge >= 0.3 is 0 Å². The fourth-order valence-corrected chi connectivity index (χ4v) is 3.25. The average Bonchev–Trinajstić information content (AvgIpc) is 3.16. The first-order chi connectivity index (χ1) is 10.3. The number of benzene rings is 1. The van der Waals surface area contributed by atoms with Gasteiger partial charge in [-0.3, -0.25) is 9.69 Å². The number of nitrogens with zero attached hydrogens (tertiary/aromatic N) is 1. The average molecular weight is 287 g/mol. The van der Waals surface area contributed by atoms with Gasteiger partial charge in [-0.15, -0.1) is 0 Å². The SMILES string of the molecule is O=C(CN(CCO)C1CCCC1)c1coc2ccccc12. The number of carbonyl (C=O) groups is 1. The molecule has 2 aromatic rings. The van der Waals surface area contributed by atoms with Crippen LogP contribution in [0.3, 0.4) is 0 Å². The summed E-state index contributed by atoms with van der Waals surface area (Å²) in [4.78, 5) is 14.7. The monoisotopic (exact) mass is 287 g/mol. The van der Waals surface area contributed by atoms with Crippen LogP contribution in [0.15, 0.2) is 34.9 Å². The van der Waals surface area contributed by atoms with Gasteiger partial charge in [0.2, 0.25) is 0 Å². The molecule has 1 fully saturated rings. The quantitative estimate of drug-likeness (QED) is 0.830. The Bertz CT molecular complexity index is 613. The Hall–Kier alpha value is -1.65. The highest BCUT2D eigenvalue weighted by Gasteiger charge is 2.25. The number of rotatable bonds is 6. The standard InChI is InChI=1S/C17H21NO3/c19-10-9-18(13-5-1-2-6-13)11-16(20)15-12-21-17-8-4-3-7-14(15)17/h3-4,7-8,12-13,19H,1-2,5-6,9-11H2. The summed E-state index contributed by atoms with van der Waals surface area (Å²) in [6.07, 6.45) is 6.24. The van der Waals surface area contributed by atoms with Crippen LogP contribution in [0.2, 0.25) is 0 Å². The molecule has 0 unspecified atom stereocenters. The number of carbonyl (C=O) groups excluding carboxylic acids is 1. The van der Waals surface area contributed by atoms with Gasteiger partial charge < -0.3 is 9.52 Å². The van der Waals surface area contributed by atoms with Crippen LogP contribution < -0.4 is 0 Å². The Morgan fingerprint density at radius 1 is 1.29 bits per heavy atom. The van der Waals surface area contributed by atoms with Crippen LogP contribution in [0, 0.1) is 0 Å². The first-order valence-electron chi connectivity index (χ1n) is 7.64. The van der Waals surface area contributed by atoms with Crippen molar-refractivity contribution in [3.63, 3.8) is 0 Å². The van der Waals surface area contributed by atoms with Gasteiger partial charge in [0, 0.05) is 18.0 Å². The summed E-state index contributed by atoms with van der Waals surface area (Å²) in [5.74, 6) is 0.0697. The first-order valence-corrected chi connectivity index (χ1v) is 7.64. The van der Waals surface area contributed by atoms with Crippen molar-refractivity contribution in [2.45, 2.75) is 31.7 Å². The Morgan fingerprint density at radius 3 is 2.81 bits per heavy atom. The van der Waals surface area contributed by atoms with Gasteiger partial charge in [-0.1, -0.05) is 31.0 Å². The molecule has 1 N–H and O–H groups in total. The number of para-hydroxylation sites is 1. The van der Waals surface area contributed by atoms with E-state index in [1.165, 1.54) is 12.8 Å². The Kier molecular flexibility index (Phi) is 4.36. The van der Waals surface area contributed by atoms with Crippen molar-refractivity contribution < 1.29 is 14.3 Å². The number of aliphatic hydroxyl groups excluding tert-OH is 1. The first kappa shape index (κ1) is 14.3. The summed E-state index contributed by atoms with van der Waals surface area (Å²) in [6, 6.07) is 8.03. The second kappa shape index (κ2) is 6.41. The predicted molar refractivity (Wildman–Crippen MR) is 81.5 cm³/mol. The number of Topliss-reactive ketones (excluding diaryl/α,β-unsaturated/α-hetero) is 1. The molecule has 1 aliphatic rings. The van der Waals surface area contributed by atoms with Gasteiger partial charge in [-0.25, -0.2) is 0 Å². The third kappa shape index (κ3) is 3.01. The van der Waals surface area contributed by atoms with Gasteiger partial charge in [0.1, 0.15) is 11.8 Å². The van der Waals surface area contributed by atoms with Crippen molar-refractivity contribution in [1.29, 1.82) is 0 Å². The maximum Gasteiger partial charge on any atom is 0.180 e. The van der Waals surface area contributed by atoms with Crippen LogP contribution in [-0.2, 0) is 0 Å². The Labute approximate surface area is 124 Å². The molecule has 0 bridgehead atoms. The van der Waals surface area contributed by atoms with Crippen molar-refractivity contribution in [2.75, 3.05) is 19.7 Å². The molecule has 4 heteroatoms. The topological polar surface area (TPSA) is 53.7 Å². The molecule has 0 spiro atoms. The van der Waals surface area contributed by atoms with Crippen LogP contribution in [0.1, 0.15) is 36.0 Å². The maximum atomic E-state index is 12.6. The van der Waals surface area contributed by atoms with E-state index in [0.717, 1.165) is 23.8 Å². The van der Waals surface area contributed by atoms with Crippen molar-refractivity contribution in [1.82, 2.24) is 4.90 Å². The minimum atomic E-state index is 0.0697. The summed E-state index contributed by atoms with van der Waals surface area (Å²) in [5.41, 5.74) is 1.39. The molecule has 4 nitrogen and oxygen atoms in total. The van der Waals surface area contributed by atoms with Crippen molar-refractivity contribution in [2.24, 2.45) is 0 Å². The summed E-state index contributed by atoms with van der Waals surface area (Å²) in [7, 11) is 0.